The molecule has 0 aromatic heterocycles. The molecule has 1 heterocycles. The lowest BCUT2D eigenvalue weighted by atomic mass is 9.74. The highest BCUT2D eigenvalue weighted by atomic mass is 19.1. The van der Waals surface area contributed by atoms with Crippen LogP contribution in [0.2, 0.25) is 0 Å². The number of piperazine rings is 1. The van der Waals surface area contributed by atoms with Crippen LogP contribution in [0.4, 0.5) is 8.78 Å². The molecule has 1 aliphatic heterocycles. The van der Waals surface area contributed by atoms with Crippen LogP contribution in [-0.2, 0) is 21.4 Å². The first-order chi connectivity index (χ1) is 17.9. The Morgan fingerprint density at radius 1 is 0.838 bits per heavy atom. The van der Waals surface area contributed by atoms with Crippen molar-refractivity contribution in [1.82, 2.24) is 9.80 Å². The SMILES string of the molecule is O=C(Cc1cc(F)ccc1F)N1CCN(CCCCC2(C(=O)O)c3ccccc3-c3ccccc32)CC1. The number of carbonyl (C=O) groups excluding carboxylic acids is 1. The number of carboxylic acids is 1. The highest BCUT2D eigenvalue weighted by molar-refractivity contribution is 5.97. The largest absolute Gasteiger partial charge is 0.480 e. The highest BCUT2D eigenvalue weighted by Gasteiger charge is 2.48. The molecule has 1 amide bonds. The van der Waals surface area contributed by atoms with Gasteiger partial charge in [-0.2, -0.15) is 0 Å². The number of carbonyl (C=O) groups is 2. The summed E-state index contributed by atoms with van der Waals surface area (Å²) in [6.07, 6.45) is 1.98. The van der Waals surface area contributed by atoms with Gasteiger partial charge in [-0.1, -0.05) is 55.0 Å². The van der Waals surface area contributed by atoms with Crippen LogP contribution in [0, 0.1) is 11.6 Å². The van der Waals surface area contributed by atoms with Crippen LogP contribution in [0.3, 0.4) is 0 Å². The maximum Gasteiger partial charge on any atom is 0.318 e. The minimum atomic E-state index is -1.04. The second kappa shape index (κ2) is 10.4. The molecule has 3 aromatic rings. The molecule has 1 saturated heterocycles. The van der Waals surface area contributed by atoms with Gasteiger partial charge < -0.3 is 10.0 Å². The Hall–Kier alpha value is -3.58. The summed E-state index contributed by atoms with van der Waals surface area (Å²) in [4.78, 5) is 29.3. The first kappa shape index (κ1) is 25.1. The first-order valence-corrected chi connectivity index (χ1v) is 12.8. The van der Waals surface area contributed by atoms with Gasteiger partial charge in [-0.25, -0.2) is 8.78 Å². The number of unbranched alkanes of at least 4 members (excludes halogenated alkanes) is 1. The van der Waals surface area contributed by atoms with Gasteiger partial charge in [0.15, 0.2) is 0 Å². The standard InChI is InChI=1S/C30H30F2N2O3/c31-22-11-12-27(32)21(19-22)20-28(35)34-17-15-33(16-18-34)14-6-5-13-30(29(36)37)25-9-3-1-7-23(25)24-8-2-4-10-26(24)30/h1-4,7-12,19H,5-6,13-18,20H2,(H,36,37). The maximum absolute atomic E-state index is 13.9. The van der Waals surface area contributed by atoms with E-state index < -0.39 is 23.0 Å². The van der Waals surface area contributed by atoms with Crippen molar-refractivity contribution in [2.24, 2.45) is 0 Å². The van der Waals surface area contributed by atoms with Crippen LogP contribution in [0.5, 0.6) is 0 Å². The van der Waals surface area contributed by atoms with Gasteiger partial charge in [0.1, 0.15) is 17.0 Å². The van der Waals surface area contributed by atoms with E-state index in [2.05, 4.69) is 4.90 Å². The summed E-state index contributed by atoms with van der Waals surface area (Å²) in [6.45, 7) is 3.30. The minimum Gasteiger partial charge on any atom is -0.480 e. The van der Waals surface area contributed by atoms with E-state index in [1.807, 2.05) is 48.5 Å². The fourth-order valence-corrected chi connectivity index (χ4v) is 5.83. The van der Waals surface area contributed by atoms with Crippen LogP contribution in [0.1, 0.15) is 36.0 Å². The second-order valence-electron chi connectivity index (χ2n) is 9.89. The van der Waals surface area contributed by atoms with E-state index in [1.165, 1.54) is 0 Å². The van der Waals surface area contributed by atoms with Crippen LogP contribution >= 0.6 is 0 Å². The Morgan fingerprint density at radius 3 is 2.08 bits per heavy atom. The van der Waals surface area contributed by atoms with Crippen molar-refractivity contribution in [3.63, 3.8) is 0 Å². The van der Waals surface area contributed by atoms with Crippen molar-refractivity contribution in [3.8, 4) is 11.1 Å². The van der Waals surface area contributed by atoms with Crippen molar-refractivity contribution in [3.05, 3.63) is 95.1 Å². The van der Waals surface area contributed by atoms with Crippen molar-refractivity contribution >= 4 is 11.9 Å². The molecule has 0 unspecified atom stereocenters. The number of carboxylic acid groups (broad SMARTS) is 1. The summed E-state index contributed by atoms with van der Waals surface area (Å²) in [7, 11) is 0. The molecule has 0 bridgehead atoms. The predicted octanol–water partition coefficient (Wildman–Crippen LogP) is 4.87. The topological polar surface area (TPSA) is 60.9 Å². The van der Waals surface area contributed by atoms with E-state index in [0.29, 0.717) is 32.6 Å². The van der Waals surface area contributed by atoms with Crippen LogP contribution < -0.4 is 0 Å². The van der Waals surface area contributed by atoms with E-state index in [4.69, 9.17) is 0 Å². The third-order valence-electron chi connectivity index (χ3n) is 7.78. The number of hydrogen-bond acceptors (Lipinski definition) is 3. The number of rotatable bonds is 8. The Bertz CT molecular complexity index is 1270. The fourth-order valence-electron chi connectivity index (χ4n) is 5.83. The van der Waals surface area contributed by atoms with Crippen LogP contribution in [0.15, 0.2) is 66.7 Å². The van der Waals surface area contributed by atoms with Gasteiger partial charge in [-0.3, -0.25) is 14.5 Å². The lowest BCUT2D eigenvalue weighted by molar-refractivity contribution is -0.142. The Kier molecular flexibility index (Phi) is 7.07. The Morgan fingerprint density at radius 2 is 1.46 bits per heavy atom. The monoisotopic (exact) mass is 504 g/mol. The summed E-state index contributed by atoms with van der Waals surface area (Å²) in [5.74, 6) is -2.14. The third kappa shape index (κ3) is 4.76. The molecule has 37 heavy (non-hydrogen) atoms. The van der Waals surface area contributed by atoms with Gasteiger partial charge in [-0.15, -0.1) is 0 Å². The molecule has 5 nitrogen and oxygen atoms in total. The molecule has 1 fully saturated rings. The number of nitrogens with zero attached hydrogens (tertiary/aromatic N) is 2. The maximum atomic E-state index is 13.9. The molecule has 192 valence electrons. The molecular formula is C30H30F2N2O3. The zero-order chi connectivity index (χ0) is 26.0. The van der Waals surface area contributed by atoms with Gasteiger partial charge in [0.05, 0.1) is 6.42 Å². The van der Waals surface area contributed by atoms with Crippen LogP contribution in [-0.4, -0.2) is 59.5 Å². The molecule has 1 aliphatic carbocycles. The number of benzene rings is 3. The van der Waals surface area contributed by atoms with E-state index in [0.717, 1.165) is 59.8 Å². The molecular weight excluding hydrogens is 474 g/mol. The molecule has 5 rings (SSSR count). The molecule has 1 N–H and O–H groups in total. The van der Waals surface area contributed by atoms with E-state index in [-0.39, 0.29) is 17.9 Å². The van der Waals surface area contributed by atoms with Crippen molar-refractivity contribution in [2.45, 2.75) is 31.1 Å². The smallest absolute Gasteiger partial charge is 0.318 e. The quantitative estimate of drug-likeness (QED) is 0.445. The summed E-state index contributed by atoms with van der Waals surface area (Å²) in [6, 6.07) is 18.8. The fraction of sp³-hybridized carbons (Fsp3) is 0.333. The molecule has 0 radical (unpaired) electrons. The highest BCUT2D eigenvalue weighted by Crippen LogP contribution is 2.51. The second-order valence-corrected chi connectivity index (χ2v) is 9.89. The van der Waals surface area contributed by atoms with Crippen molar-refractivity contribution < 1.29 is 23.5 Å². The predicted molar refractivity (Wildman–Crippen MR) is 137 cm³/mol. The molecule has 0 atom stereocenters. The molecule has 0 spiro atoms. The van der Waals surface area contributed by atoms with Crippen molar-refractivity contribution in [1.29, 1.82) is 0 Å². The number of hydrogen-bond donors (Lipinski definition) is 1. The number of fused-ring (bicyclic) bond motifs is 3. The van der Waals surface area contributed by atoms with E-state index in [1.54, 1.807) is 4.90 Å². The summed E-state index contributed by atoms with van der Waals surface area (Å²) < 4.78 is 27.3. The Balaban J connectivity index is 1.15. The average molecular weight is 505 g/mol. The minimum absolute atomic E-state index is 0.0786. The van der Waals surface area contributed by atoms with Gasteiger partial charge in [-0.05, 0) is 59.8 Å². The van der Waals surface area contributed by atoms with Gasteiger partial charge in [0, 0.05) is 31.7 Å². The zero-order valence-electron chi connectivity index (χ0n) is 20.6. The molecule has 0 saturated carbocycles. The normalized spacial score (nSPS) is 16.3. The van der Waals surface area contributed by atoms with Crippen LogP contribution in [0.25, 0.3) is 11.1 Å². The number of amides is 1. The van der Waals surface area contributed by atoms with Crippen molar-refractivity contribution in [2.75, 3.05) is 32.7 Å². The lowest BCUT2D eigenvalue weighted by Crippen LogP contribution is -2.49. The number of aliphatic carboxylic acids is 1. The van der Waals surface area contributed by atoms with Gasteiger partial charge in [0.25, 0.3) is 0 Å². The van der Waals surface area contributed by atoms with Gasteiger partial charge >= 0.3 is 5.97 Å². The number of halogens is 2. The summed E-state index contributed by atoms with van der Waals surface area (Å²) in [5.41, 5.74) is 2.77. The molecule has 3 aromatic carbocycles. The van der Waals surface area contributed by atoms with E-state index in [9.17, 15) is 23.5 Å². The average Bonchev–Trinajstić information content (AvgIpc) is 3.20. The van der Waals surface area contributed by atoms with E-state index >= 15 is 0 Å². The zero-order valence-corrected chi connectivity index (χ0v) is 20.6. The lowest BCUT2D eigenvalue weighted by Gasteiger charge is -2.35. The summed E-state index contributed by atoms with van der Waals surface area (Å²) >= 11 is 0. The summed E-state index contributed by atoms with van der Waals surface area (Å²) in [5, 5.41) is 10.4. The molecule has 7 heteroatoms. The van der Waals surface area contributed by atoms with Gasteiger partial charge in [0.2, 0.25) is 5.91 Å². The Labute approximate surface area is 215 Å². The first-order valence-electron chi connectivity index (χ1n) is 12.8. The third-order valence-corrected chi connectivity index (χ3v) is 7.78. The molecule has 2 aliphatic rings.